The van der Waals surface area contributed by atoms with E-state index in [0.717, 1.165) is 25.2 Å². The molecule has 1 aromatic rings. The van der Waals surface area contributed by atoms with Crippen LogP contribution in [-0.2, 0) is 0 Å². The number of aliphatic hydroxyl groups excluding tert-OH is 1. The summed E-state index contributed by atoms with van der Waals surface area (Å²) in [5.74, 6) is 0.427. The minimum Gasteiger partial charge on any atom is -0.394 e. The van der Waals surface area contributed by atoms with Crippen molar-refractivity contribution in [3.8, 4) is 0 Å². The average molecular weight is 196 g/mol. The van der Waals surface area contributed by atoms with Crippen molar-refractivity contribution in [2.45, 2.75) is 18.9 Å². The van der Waals surface area contributed by atoms with Crippen LogP contribution in [0.25, 0.3) is 0 Å². The lowest BCUT2D eigenvalue weighted by molar-refractivity contribution is 0.266. The van der Waals surface area contributed by atoms with Crippen molar-refractivity contribution in [1.29, 1.82) is 0 Å². The van der Waals surface area contributed by atoms with Gasteiger partial charge in [-0.15, -0.1) is 0 Å². The maximum Gasteiger partial charge on any atom is 0.141 e. The third-order valence-electron chi connectivity index (χ3n) is 2.59. The average Bonchev–Trinajstić information content (AvgIpc) is 2.67. The summed E-state index contributed by atoms with van der Waals surface area (Å²) >= 11 is 0. The first-order valence-electron chi connectivity index (χ1n) is 4.80. The standard InChI is InChI=1S/C10H13FN2O/c11-8-3-4-10(12-6-8)13-5-1-2-9(13)7-14/h3-4,6,9,14H,1-2,5,7H2. The summed E-state index contributed by atoms with van der Waals surface area (Å²) in [5, 5.41) is 9.11. The molecule has 0 aliphatic carbocycles. The van der Waals surface area contributed by atoms with Gasteiger partial charge in [-0.05, 0) is 25.0 Å². The van der Waals surface area contributed by atoms with Gasteiger partial charge in [-0.25, -0.2) is 9.37 Å². The molecule has 76 valence electrons. The predicted molar refractivity (Wildman–Crippen MR) is 51.6 cm³/mol. The van der Waals surface area contributed by atoms with E-state index in [-0.39, 0.29) is 18.5 Å². The summed E-state index contributed by atoms with van der Waals surface area (Å²) in [6.45, 7) is 1.03. The zero-order chi connectivity index (χ0) is 9.97. The van der Waals surface area contributed by atoms with Gasteiger partial charge in [0.1, 0.15) is 11.6 Å². The zero-order valence-corrected chi connectivity index (χ0v) is 7.86. The highest BCUT2D eigenvalue weighted by molar-refractivity contribution is 5.40. The first-order chi connectivity index (χ1) is 6.81. The van der Waals surface area contributed by atoms with Crippen LogP contribution in [0.15, 0.2) is 18.3 Å². The number of anilines is 1. The monoisotopic (exact) mass is 196 g/mol. The molecule has 3 nitrogen and oxygen atoms in total. The van der Waals surface area contributed by atoms with Gasteiger partial charge in [0.15, 0.2) is 0 Å². The van der Waals surface area contributed by atoms with Crippen LogP contribution in [0.2, 0.25) is 0 Å². The molecular weight excluding hydrogens is 183 g/mol. The van der Waals surface area contributed by atoms with E-state index in [0.29, 0.717) is 0 Å². The second kappa shape index (κ2) is 3.92. The van der Waals surface area contributed by atoms with Crippen LogP contribution in [-0.4, -0.2) is 29.3 Å². The van der Waals surface area contributed by atoms with Gasteiger partial charge in [-0.2, -0.15) is 0 Å². The summed E-state index contributed by atoms with van der Waals surface area (Å²) in [7, 11) is 0. The lowest BCUT2D eigenvalue weighted by atomic mass is 10.2. The van der Waals surface area contributed by atoms with Gasteiger partial charge < -0.3 is 10.0 Å². The second-order valence-corrected chi connectivity index (χ2v) is 3.51. The summed E-state index contributed by atoms with van der Waals surface area (Å²) in [6, 6.07) is 3.20. The van der Waals surface area contributed by atoms with Crippen molar-refractivity contribution in [1.82, 2.24) is 4.98 Å². The number of rotatable bonds is 2. The number of pyridine rings is 1. The molecule has 0 aromatic carbocycles. The van der Waals surface area contributed by atoms with Crippen LogP contribution in [0.3, 0.4) is 0 Å². The summed E-state index contributed by atoms with van der Waals surface area (Å²) < 4.78 is 12.6. The summed E-state index contributed by atoms with van der Waals surface area (Å²) in [5.41, 5.74) is 0. The van der Waals surface area contributed by atoms with Gasteiger partial charge in [0.05, 0.1) is 18.8 Å². The van der Waals surface area contributed by atoms with E-state index < -0.39 is 0 Å². The Bertz CT molecular complexity index is 301. The molecule has 1 aromatic heterocycles. The number of aromatic nitrogens is 1. The number of hydrogen-bond acceptors (Lipinski definition) is 3. The van der Waals surface area contributed by atoms with Gasteiger partial charge >= 0.3 is 0 Å². The molecule has 4 heteroatoms. The Kier molecular flexibility index (Phi) is 2.63. The molecule has 1 aliphatic heterocycles. The fraction of sp³-hybridized carbons (Fsp3) is 0.500. The van der Waals surface area contributed by atoms with Crippen LogP contribution in [0.5, 0.6) is 0 Å². The highest BCUT2D eigenvalue weighted by atomic mass is 19.1. The molecule has 14 heavy (non-hydrogen) atoms. The Morgan fingerprint density at radius 1 is 1.57 bits per heavy atom. The molecule has 0 saturated carbocycles. The quantitative estimate of drug-likeness (QED) is 0.771. The van der Waals surface area contributed by atoms with E-state index in [1.54, 1.807) is 6.07 Å². The topological polar surface area (TPSA) is 36.4 Å². The van der Waals surface area contributed by atoms with Crippen molar-refractivity contribution in [3.05, 3.63) is 24.1 Å². The lowest BCUT2D eigenvalue weighted by Gasteiger charge is -2.23. The van der Waals surface area contributed by atoms with Crippen molar-refractivity contribution >= 4 is 5.82 Å². The molecule has 2 rings (SSSR count). The Morgan fingerprint density at radius 3 is 3.07 bits per heavy atom. The van der Waals surface area contributed by atoms with E-state index in [1.807, 2.05) is 4.90 Å². The number of aliphatic hydroxyl groups is 1. The Balaban J connectivity index is 2.17. The Morgan fingerprint density at radius 2 is 2.43 bits per heavy atom. The Labute approximate surface area is 82.2 Å². The van der Waals surface area contributed by atoms with E-state index in [1.165, 1.54) is 12.3 Å². The molecule has 1 atom stereocenters. The summed E-state index contributed by atoms with van der Waals surface area (Å²) in [4.78, 5) is 6.03. The number of hydrogen-bond donors (Lipinski definition) is 1. The minimum atomic E-state index is -0.325. The third-order valence-corrected chi connectivity index (χ3v) is 2.59. The second-order valence-electron chi connectivity index (χ2n) is 3.51. The zero-order valence-electron chi connectivity index (χ0n) is 7.86. The molecule has 0 amide bonds. The van der Waals surface area contributed by atoms with Crippen molar-refractivity contribution in [2.75, 3.05) is 18.1 Å². The van der Waals surface area contributed by atoms with Gasteiger partial charge in [-0.3, -0.25) is 0 Å². The fourth-order valence-corrected chi connectivity index (χ4v) is 1.87. The summed E-state index contributed by atoms with van der Waals surface area (Å²) in [6.07, 6.45) is 3.25. The molecular formula is C10H13FN2O. The molecule has 0 radical (unpaired) electrons. The highest BCUT2D eigenvalue weighted by Crippen LogP contribution is 2.23. The molecule has 1 aliphatic rings. The van der Waals surface area contributed by atoms with Crippen molar-refractivity contribution in [2.24, 2.45) is 0 Å². The third kappa shape index (κ3) is 1.70. The lowest BCUT2D eigenvalue weighted by Crippen LogP contribution is -2.32. The molecule has 0 bridgehead atoms. The maximum absolute atomic E-state index is 12.6. The largest absolute Gasteiger partial charge is 0.394 e. The van der Waals surface area contributed by atoms with Crippen LogP contribution in [0.1, 0.15) is 12.8 Å². The smallest absolute Gasteiger partial charge is 0.141 e. The van der Waals surface area contributed by atoms with Gasteiger partial charge in [0, 0.05) is 6.54 Å². The molecule has 2 heterocycles. The highest BCUT2D eigenvalue weighted by Gasteiger charge is 2.24. The molecule has 1 unspecified atom stereocenters. The maximum atomic E-state index is 12.6. The van der Waals surface area contributed by atoms with Gasteiger partial charge in [0.25, 0.3) is 0 Å². The van der Waals surface area contributed by atoms with E-state index >= 15 is 0 Å². The molecule has 1 saturated heterocycles. The molecule has 1 fully saturated rings. The van der Waals surface area contributed by atoms with Gasteiger partial charge in [0.2, 0.25) is 0 Å². The predicted octanol–water partition coefficient (Wildman–Crippen LogP) is 1.18. The number of halogens is 1. The van der Waals surface area contributed by atoms with E-state index in [4.69, 9.17) is 5.11 Å². The van der Waals surface area contributed by atoms with Gasteiger partial charge in [-0.1, -0.05) is 0 Å². The first-order valence-corrected chi connectivity index (χ1v) is 4.80. The van der Waals surface area contributed by atoms with E-state index in [2.05, 4.69) is 4.98 Å². The first kappa shape index (κ1) is 9.40. The molecule has 0 spiro atoms. The molecule has 1 N–H and O–H groups in total. The van der Waals surface area contributed by atoms with Crippen molar-refractivity contribution < 1.29 is 9.50 Å². The SMILES string of the molecule is OCC1CCCN1c1ccc(F)cn1. The van der Waals surface area contributed by atoms with Crippen LogP contribution < -0.4 is 4.90 Å². The normalized spacial score (nSPS) is 21.6. The van der Waals surface area contributed by atoms with Crippen LogP contribution >= 0.6 is 0 Å². The van der Waals surface area contributed by atoms with Crippen LogP contribution in [0, 0.1) is 5.82 Å². The van der Waals surface area contributed by atoms with Crippen LogP contribution in [0.4, 0.5) is 10.2 Å². The van der Waals surface area contributed by atoms with E-state index in [9.17, 15) is 4.39 Å². The van der Waals surface area contributed by atoms with Crippen molar-refractivity contribution in [3.63, 3.8) is 0 Å². The minimum absolute atomic E-state index is 0.138. The fourth-order valence-electron chi connectivity index (χ4n) is 1.87. The number of nitrogens with zero attached hydrogens (tertiary/aromatic N) is 2. The Hall–Kier alpha value is -1.16.